The quantitative estimate of drug-likeness (QED) is 0.0192. The first-order valence-electron chi connectivity index (χ1n) is 38.2. The molecule has 0 bridgehead atoms. The Morgan fingerprint density at radius 3 is 1.18 bits per heavy atom. The molecule has 1 aliphatic heterocycles. The Kier molecular flexibility index (Phi) is 52.7. The fraction of sp³-hybridized carbons (Fsp3) is 0.920. The number of carbonyl (C=O) groups excluding carboxylic acids is 6. The van der Waals surface area contributed by atoms with Crippen molar-refractivity contribution in [2.45, 2.75) is 424 Å². The van der Waals surface area contributed by atoms with Crippen LogP contribution in [-0.2, 0) is 61.6 Å². The summed E-state index contributed by atoms with van der Waals surface area (Å²) >= 11 is 0. The van der Waals surface area contributed by atoms with E-state index < -0.39 is 93.7 Å². The van der Waals surface area contributed by atoms with Crippen LogP contribution in [0.15, 0.2) is 0 Å². The van der Waals surface area contributed by atoms with E-state index in [4.69, 9.17) is 32.8 Å². The van der Waals surface area contributed by atoms with Crippen LogP contribution in [0.25, 0.3) is 0 Å². The van der Waals surface area contributed by atoms with Gasteiger partial charge in [0.1, 0.15) is 36.6 Å². The van der Waals surface area contributed by atoms with E-state index in [0.717, 1.165) is 128 Å². The van der Waals surface area contributed by atoms with Gasteiger partial charge < -0.3 is 53.7 Å². The van der Waals surface area contributed by atoms with Gasteiger partial charge in [0.2, 0.25) is 11.8 Å². The SMILES string of the molecule is CCCCCCCCCCC[C@H](CC(=O)N[C@H](CO)COC1O[C@H](CO[Si](C)(C)C(C)(C)C)[C@@H](O)[C@H](OC(=O)C[C@@H](CCCCCCCCCCC)OC(=O)CCCCC)[C@H]1NC(=O)C[C@@H](CCCCCCCCCCC)OC(=O)CCCCC)OC(=O)CCCCC. The fourth-order valence-electron chi connectivity index (χ4n) is 11.6. The molecule has 4 N–H and O–H groups in total. The number of ether oxygens (including phenoxy) is 6. The Bertz CT molecular complexity index is 1900. The number of amides is 2. The maximum atomic E-state index is 14.7. The molecular weight excluding hydrogens is 1200 g/mol. The van der Waals surface area contributed by atoms with Crippen molar-refractivity contribution in [1.29, 1.82) is 0 Å². The summed E-state index contributed by atoms with van der Waals surface area (Å²) in [5.41, 5.74) is 0. The van der Waals surface area contributed by atoms with Crippen LogP contribution < -0.4 is 10.6 Å². The van der Waals surface area contributed by atoms with Gasteiger partial charge in [0.15, 0.2) is 20.7 Å². The van der Waals surface area contributed by atoms with Crippen LogP contribution in [0, 0.1) is 0 Å². The van der Waals surface area contributed by atoms with E-state index >= 15 is 0 Å². The van der Waals surface area contributed by atoms with Crippen LogP contribution in [0.2, 0.25) is 18.1 Å². The number of rotatable bonds is 61. The van der Waals surface area contributed by atoms with Crippen LogP contribution in [0.1, 0.15) is 351 Å². The zero-order valence-electron chi connectivity index (χ0n) is 61.3. The molecule has 0 radical (unpaired) electrons. The molecular formula is C75H142N2O15Si. The summed E-state index contributed by atoms with van der Waals surface area (Å²) in [7, 11) is -2.51. The van der Waals surface area contributed by atoms with E-state index in [9.17, 15) is 39.0 Å². The predicted octanol–water partition coefficient (Wildman–Crippen LogP) is 17.4. The second-order valence-electron chi connectivity index (χ2n) is 28.6. The van der Waals surface area contributed by atoms with E-state index in [2.05, 4.69) is 86.0 Å². The van der Waals surface area contributed by atoms with Crippen molar-refractivity contribution in [3.63, 3.8) is 0 Å². The second kappa shape index (κ2) is 55.8. The maximum Gasteiger partial charge on any atom is 0.310 e. The predicted molar refractivity (Wildman–Crippen MR) is 376 cm³/mol. The number of nitrogens with one attached hydrogen (secondary N) is 2. The first-order valence-corrected chi connectivity index (χ1v) is 41.2. The highest BCUT2D eigenvalue weighted by atomic mass is 28.4. The summed E-state index contributed by atoms with van der Waals surface area (Å²) in [4.78, 5) is 83.1. The van der Waals surface area contributed by atoms with E-state index in [1.165, 1.54) is 83.5 Å². The van der Waals surface area contributed by atoms with Crippen molar-refractivity contribution >= 4 is 44.0 Å². The molecule has 546 valence electrons. The molecule has 1 saturated heterocycles. The summed E-state index contributed by atoms with van der Waals surface area (Å²) in [5, 5.41) is 29.1. The molecule has 1 rings (SSSR count). The third-order valence-electron chi connectivity index (χ3n) is 18.7. The molecule has 9 atom stereocenters. The lowest BCUT2D eigenvalue weighted by molar-refractivity contribution is -0.274. The standard InChI is InChI=1S/C75H142N2O15Si/c1-12-18-24-27-30-33-36-39-45-48-61(88-67(81)51-42-21-15-4)54-65(79)76-60(57-78)58-86-74-71(77-66(80)55-62(89-68(82)52-43-22-16-5)49-46-40-37-34-31-28-25-19-13-2)73(72(85)64(91-74)59-87-93(10,11)75(7,8)9)92-70(84)56-63(90-69(83)53-44-23-17-6)50-47-41-38-35-32-29-26-20-14-3/h60-64,71-74,78,85H,12-59H2,1-11H3,(H,76,79)(H,77,80)/t60-,61-,62-,63-,64-,71-,72-,73-,74?/m1/s1. The minimum Gasteiger partial charge on any atom is -0.462 e. The van der Waals surface area contributed by atoms with E-state index in [1.807, 2.05) is 0 Å². The highest BCUT2D eigenvalue weighted by Gasteiger charge is 2.50. The molecule has 2 amide bonds. The molecule has 0 aromatic carbocycles. The molecule has 1 aliphatic rings. The molecule has 0 aliphatic carbocycles. The molecule has 1 heterocycles. The summed E-state index contributed by atoms with van der Waals surface area (Å²) in [6.45, 7) is 22.2. The van der Waals surface area contributed by atoms with E-state index in [1.54, 1.807) is 0 Å². The highest BCUT2D eigenvalue weighted by Crippen LogP contribution is 2.38. The van der Waals surface area contributed by atoms with Gasteiger partial charge in [0.25, 0.3) is 0 Å². The molecule has 0 saturated carbocycles. The molecule has 1 fully saturated rings. The lowest BCUT2D eigenvalue weighted by atomic mass is 9.96. The molecule has 93 heavy (non-hydrogen) atoms. The zero-order valence-corrected chi connectivity index (χ0v) is 62.3. The summed E-state index contributed by atoms with van der Waals surface area (Å²) in [6.07, 6.45) is 30.6. The Morgan fingerprint density at radius 2 is 0.817 bits per heavy atom. The Balaban J connectivity index is 3.80. The van der Waals surface area contributed by atoms with Crippen LogP contribution in [0.5, 0.6) is 0 Å². The summed E-state index contributed by atoms with van der Waals surface area (Å²) in [6, 6.07) is -2.40. The largest absolute Gasteiger partial charge is 0.462 e. The van der Waals surface area contributed by atoms with Crippen molar-refractivity contribution in [2.24, 2.45) is 0 Å². The zero-order chi connectivity index (χ0) is 69.0. The van der Waals surface area contributed by atoms with Gasteiger partial charge in [-0.3, -0.25) is 28.8 Å². The van der Waals surface area contributed by atoms with Crippen LogP contribution in [0.4, 0.5) is 0 Å². The van der Waals surface area contributed by atoms with Crippen molar-refractivity contribution in [3.05, 3.63) is 0 Å². The first-order chi connectivity index (χ1) is 44.7. The van der Waals surface area contributed by atoms with Gasteiger partial charge in [-0.25, -0.2) is 0 Å². The van der Waals surface area contributed by atoms with E-state index in [-0.39, 0.29) is 68.7 Å². The third-order valence-corrected chi connectivity index (χ3v) is 23.2. The number of aliphatic hydroxyl groups excluding tert-OH is 2. The minimum absolute atomic E-state index is 0.125. The first kappa shape index (κ1) is 87.8. The lowest BCUT2D eigenvalue weighted by Crippen LogP contribution is -2.66. The van der Waals surface area contributed by atoms with Crippen LogP contribution >= 0.6 is 0 Å². The van der Waals surface area contributed by atoms with Crippen LogP contribution in [-0.4, -0.2) is 129 Å². The van der Waals surface area contributed by atoms with Crippen molar-refractivity contribution in [2.75, 3.05) is 19.8 Å². The topological polar surface area (TPSA) is 232 Å². The normalized spacial score (nSPS) is 18.1. The smallest absolute Gasteiger partial charge is 0.310 e. The van der Waals surface area contributed by atoms with Gasteiger partial charge >= 0.3 is 23.9 Å². The number of hydrogen-bond donors (Lipinski definition) is 4. The highest BCUT2D eigenvalue weighted by molar-refractivity contribution is 6.74. The Hall–Kier alpha value is -3.16. The molecule has 18 heteroatoms. The lowest BCUT2D eigenvalue weighted by Gasteiger charge is -2.46. The van der Waals surface area contributed by atoms with Crippen molar-refractivity contribution in [3.8, 4) is 0 Å². The van der Waals surface area contributed by atoms with Gasteiger partial charge in [-0.05, 0) is 75.9 Å². The number of hydrogen-bond acceptors (Lipinski definition) is 15. The summed E-state index contributed by atoms with van der Waals surface area (Å²) in [5.74, 6) is -2.91. The molecule has 0 spiro atoms. The Morgan fingerprint density at radius 1 is 0.473 bits per heavy atom. The second-order valence-corrected chi connectivity index (χ2v) is 33.4. The van der Waals surface area contributed by atoms with Gasteiger partial charge in [-0.2, -0.15) is 0 Å². The number of unbranched alkanes of at least 4 members (excludes halogenated alkanes) is 30. The average molecular weight is 1340 g/mol. The minimum atomic E-state index is -2.51. The molecule has 1 unspecified atom stereocenters. The molecule has 0 aromatic heterocycles. The van der Waals surface area contributed by atoms with Crippen molar-refractivity contribution < 1.29 is 71.8 Å². The Labute approximate surface area is 568 Å². The van der Waals surface area contributed by atoms with E-state index in [0.29, 0.717) is 38.5 Å². The van der Waals surface area contributed by atoms with Gasteiger partial charge in [0.05, 0.1) is 45.1 Å². The van der Waals surface area contributed by atoms with Gasteiger partial charge in [-0.15, -0.1) is 0 Å². The maximum absolute atomic E-state index is 14.7. The monoisotopic (exact) mass is 1340 g/mol. The van der Waals surface area contributed by atoms with Gasteiger partial charge in [0, 0.05) is 19.3 Å². The average Bonchev–Trinajstić information content (AvgIpc) is 0.814. The number of esters is 4. The van der Waals surface area contributed by atoms with Crippen LogP contribution in [0.3, 0.4) is 0 Å². The third kappa shape index (κ3) is 44.4. The molecule has 0 aromatic rings. The van der Waals surface area contributed by atoms with Gasteiger partial charge in [-0.1, -0.05) is 255 Å². The molecule has 17 nitrogen and oxygen atoms in total. The fourth-order valence-corrected chi connectivity index (χ4v) is 12.6. The summed E-state index contributed by atoms with van der Waals surface area (Å²) < 4.78 is 44.3. The number of carbonyl (C=O) groups is 6. The van der Waals surface area contributed by atoms with Crippen molar-refractivity contribution in [1.82, 2.24) is 10.6 Å². The number of aliphatic hydroxyl groups is 2.